The molecule has 1 saturated heterocycles. The molecule has 1 heterocycles. The maximum Gasteiger partial charge on any atom is 0.0615 e. The predicted molar refractivity (Wildman–Crippen MR) is 64.2 cm³/mol. The lowest BCUT2D eigenvalue weighted by Gasteiger charge is -2.35. The first kappa shape index (κ1) is 12.9. The van der Waals surface area contributed by atoms with Gasteiger partial charge in [-0.25, -0.2) is 0 Å². The van der Waals surface area contributed by atoms with Crippen LogP contribution in [-0.2, 0) is 4.74 Å². The summed E-state index contributed by atoms with van der Waals surface area (Å²) in [5, 5.41) is 3.61. The van der Waals surface area contributed by atoms with Crippen LogP contribution in [0.5, 0.6) is 0 Å². The molecule has 0 aliphatic carbocycles. The molecule has 0 saturated carbocycles. The van der Waals surface area contributed by atoms with E-state index in [-0.39, 0.29) is 0 Å². The van der Waals surface area contributed by atoms with Gasteiger partial charge in [-0.05, 0) is 39.3 Å². The Labute approximate surface area is 94.2 Å². The number of rotatable bonds is 5. The van der Waals surface area contributed by atoms with E-state index >= 15 is 0 Å². The molecule has 0 aromatic rings. The minimum Gasteiger partial charge on any atom is -0.383 e. The summed E-state index contributed by atoms with van der Waals surface area (Å²) >= 11 is 0. The molecule has 1 N–H and O–H groups in total. The summed E-state index contributed by atoms with van der Waals surface area (Å²) in [6.07, 6.45) is 2.69. The minimum absolute atomic E-state index is 0.505. The molecular weight excluding hydrogens is 188 g/mol. The van der Waals surface area contributed by atoms with E-state index in [0.717, 1.165) is 19.1 Å². The second kappa shape index (κ2) is 6.46. The zero-order valence-electron chi connectivity index (χ0n) is 10.6. The Kier molecular flexibility index (Phi) is 5.58. The zero-order chi connectivity index (χ0) is 11.3. The highest BCUT2D eigenvalue weighted by Gasteiger charge is 2.23. The number of nitrogens with zero attached hydrogens (tertiary/aromatic N) is 1. The van der Waals surface area contributed by atoms with Crippen LogP contribution in [0.1, 0.15) is 26.7 Å². The topological polar surface area (TPSA) is 24.5 Å². The Morgan fingerprint density at radius 3 is 2.87 bits per heavy atom. The highest BCUT2D eigenvalue weighted by molar-refractivity contribution is 4.81. The molecule has 15 heavy (non-hydrogen) atoms. The first-order chi connectivity index (χ1) is 7.15. The Morgan fingerprint density at radius 1 is 1.53 bits per heavy atom. The summed E-state index contributed by atoms with van der Waals surface area (Å²) in [4.78, 5) is 2.39. The molecule has 90 valence electrons. The summed E-state index contributed by atoms with van der Waals surface area (Å²) < 4.78 is 5.18. The fraction of sp³-hybridized carbons (Fsp3) is 1.00. The smallest absolute Gasteiger partial charge is 0.0615 e. The Bertz CT molecular complexity index is 175. The summed E-state index contributed by atoms with van der Waals surface area (Å²) in [7, 11) is 3.96. The Morgan fingerprint density at radius 2 is 2.27 bits per heavy atom. The molecule has 1 rings (SSSR count). The summed E-state index contributed by atoms with van der Waals surface area (Å²) in [5.74, 6) is 0.802. The molecule has 0 radical (unpaired) electrons. The molecule has 3 unspecified atom stereocenters. The SMILES string of the molecule is COCC(C)N(C)CC1NCCCC1C. The van der Waals surface area contributed by atoms with E-state index in [2.05, 4.69) is 31.1 Å². The van der Waals surface area contributed by atoms with Gasteiger partial charge in [0.25, 0.3) is 0 Å². The molecule has 0 aromatic heterocycles. The Balaban J connectivity index is 2.32. The van der Waals surface area contributed by atoms with Gasteiger partial charge >= 0.3 is 0 Å². The van der Waals surface area contributed by atoms with E-state index in [1.54, 1.807) is 7.11 Å². The highest BCUT2D eigenvalue weighted by Crippen LogP contribution is 2.16. The number of methoxy groups -OCH3 is 1. The first-order valence-corrected chi connectivity index (χ1v) is 6.07. The van der Waals surface area contributed by atoms with Crippen molar-refractivity contribution in [1.29, 1.82) is 0 Å². The lowest BCUT2D eigenvalue weighted by atomic mass is 9.92. The number of hydrogen-bond donors (Lipinski definition) is 1. The molecule has 3 atom stereocenters. The van der Waals surface area contributed by atoms with Crippen LogP contribution in [0.25, 0.3) is 0 Å². The molecule has 1 aliphatic heterocycles. The zero-order valence-corrected chi connectivity index (χ0v) is 10.6. The van der Waals surface area contributed by atoms with Gasteiger partial charge in [0, 0.05) is 25.7 Å². The molecule has 1 fully saturated rings. The van der Waals surface area contributed by atoms with Gasteiger partial charge in [0.1, 0.15) is 0 Å². The summed E-state index contributed by atoms with van der Waals surface area (Å²) in [5.41, 5.74) is 0. The van der Waals surface area contributed by atoms with Crippen LogP contribution in [0.2, 0.25) is 0 Å². The standard InChI is InChI=1S/C12H26N2O/c1-10-6-5-7-13-12(10)8-14(3)11(2)9-15-4/h10-13H,5-9H2,1-4H3. The molecule has 0 spiro atoms. The number of hydrogen-bond acceptors (Lipinski definition) is 3. The summed E-state index contributed by atoms with van der Waals surface area (Å²) in [6, 6.07) is 1.16. The van der Waals surface area contributed by atoms with Crippen molar-refractivity contribution >= 4 is 0 Å². The maximum atomic E-state index is 5.18. The van der Waals surface area contributed by atoms with Crippen LogP contribution in [0, 0.1) is 5.92 Å². The van der Waals surface area contributed by atoms with E-state index < -0.39 is 0 Å². The lowest BCUT2D eigenvalue weighted by molar-refractivity contribution is 0.0999. The van der Waals surface area contributed by atoms with Crippen LogP contribution in [0.3, 0.4) is 0 Å². The molecule has 3 nitrogen and oxygen atoms in total. The minimum atomic E-state index is 0.505. The maximum absolute atomic E-state index is 5.18. The van der Waals surface area contributed by atoms with Crippen molar-refractivity contribution in [2.24, 2.45) is 5.92 Å². The molecule has 3 heteroatoms. The summed E-state index contributed by atoms with van der Waals surface area (Å²) in [6.45, 7) is 7.70. The second-order valence-corrected chi connectivity index (χ2v) is 4.92. The van der Waals surface area contributed by atoms with Crippen molar-refractivity contribution in [2.75, 3.05) is 33.9 Å². The van der Waals surface area contributed by atoms with Gasteiger partial charge < -0.3 is 10.1 Å². The quantitative estimate of drug-likeness (QED) is 0.747. The van der Waals surface area contributed by atoms with E-state index in [1.165, 1.54) is 19.4 Å². The fourth-order valence-corrected chi connectivity index (χ4v) is 2.22. The normalized spacial score (nSPS) is 29.4. The molecule has 0 bridgehead atoms. The van der Waals surface area contributed by atoms with Crippen LogP contribution in [-0.4, -0.2) is 50.8 Å². The number of nitrogens with one attached hydrogen (secondary N) is 1. The van der Waals surface area contributed by atoms with E-state index in [0.29, 0.717) is 12.1 Å². The van der Waals surface area contributed by atoms with Crippen molar-refractivity contribution in [3.63, 3.8) is 0 Å². The molecular formula is C12H26N2O. The van der Waals surface area contributed by atoms with Crippen LogP contribution in [0.15, 0.2) is 0 Å². The Hall–Kier alpha value is -0.120. The molecule has 1 aliphatic rings. The monoisotopic (exact) mass is 214 g/mol. The van der Waals surface area contributed by atoms with Crippen molar-refractivity contribution in [1.82, 2.24) is 10.2 Å². The number of piperidine rings is 1. The number of ether oxygens (including phenoxy) is 1. The third-order valence-corrected chi connectivity index (χ3v) is 3.57. The van der Waals surface area contributed by atoms with Gasteiger partial charge in [-0.1, -0.05) is 6.92 Å². The third-order valence-electron chi connectivity index (χ3n) is 3.57. The molecule has 0 amide bonds. The van der Waals surface area contributed by atoms with E-state index in [4.69, 9.17) is 4.74 Å². The van der Waals surface area contributed by atoms with Crippen molar-refractivity contribution in [2.45, 2.75) is 38.8 Å². The average Bonchev–Trinajstić information content (AvgIpc) is 2.21. The average molecular weight is 214 g/mol. The van der Waals surface area contributed by atoms with Gasteiger partial charge in [0.05, 0.1) is 6.61 Å². The molecule has 0 aromatic carbocycles. The lowest BCUT2D eigenvalue weighted by Crippen LogP contribution is -2.49. The largest absolute Gasteiger partial charge is 0.383 e. The second-order valence-electron chi connectivity index (χ2n) is 4.92. The van der Waals surface area contributed by atoms with Gasteiger partial charge in [-0.15, -0.1) is 0 Å². The van der Waals surface area contributed by atoms with Gasteiger partial charge in [0.2, 0.25) is 0 Å². The van der Waals surface area contributed by atoms with Crippen molar-refractivity contribution in [3.8, 4) is 0 Å². The van der Waals surface area contributed by atoms with E-state index in [1.807, 2.05) is 0 Å². The predicted octanol–water partition coefficient (Wildman–Crippen LogP) is 1.34. The fourth-order valence-electron chi connectivity index (χ4n) is 2.22. The van der Waals surface area contributed by atoms with Crippen LogP contribution < -0.4 is 5.32 Å². The van der Waals surface area contributed by atoms with Gasteiger partial charge in [0.15, 0.2) is 0 Å². The van der Waals surface area contributed by atoms with E-state index in [9.17, 15) is 0 Å². The van der Waals surface area contributed by atoms with Crippen molar-refractivity contribution in [3.05, 3.63) is 0 Å². The van der Waals surface area contributed by atoms with Crippen LogP contribution >= 0.6 is 0 Å². The van der Waals surface area contributed by atoms with Gasteiger partial charge in [-0.2, -0.15) is 0 Å². The number of likely N-dealkylation sites (N-methyl/N-ethyl adjacent to an activating group) is 1. The first-order valence-electron chi connectivity index (χ1n) is 6.07. The van der Waals surface area contributed by atoms with Gasteiger partial charge in [-0.3, -0.25) is 4.90 Å². The third kappa shape index (κ3) is 4.09. The van der Waals surface area contributed by atoms with Crippen LogP contribution in [0.4, 0.5) is 0 Å². The van der Waals surface area contributed by atoms with Crippen molar-refractivity contribution < 1.29 is 4.74 Å². The highest BCUT2D eigenvalue weighted by atomic mass is 16.5.